The molecule has 0 saturated heterocycles. The number of amides is 1. The molecule has 120 valence electrons. The lowest BCUT2D eigenvalue weighted by Gasteiger charge is -2.23. The molecule has 5 heteroatoms. The smallest absolute Gasteiger partial charge is 0.408 e. The maximum Gasteiger partial charge on any atom is 0.408 e. The third-order valence-corrected chi connectivity index (χ3v) is 3.40. The first-order chi connectivity index (χ1) is 10.2. The minimum atomic E-state index is -0.632. The Labute approximate surface area is 130 Å². The van der Waals surface area contributed by atoms with E-state index in [0.717, 1.165) is 12.8 Å². The number of rotatable bonds is 5. The summed E-state index contributed by atoms with van der Waals surface area (Å²) in [6, 6.07) is 4.74. The summed E-state index contributed by atoms with van der Waals surface area (Å²) in [6.07, 6.45) is 2.13. The van der Waals surface area contributed by atoms with Crippen molar-refractivity contribution in [1.29, 1.82) is 0 Å². The first-order valence-corrected chi connectivity index (χ1v) is 7.54. The van der Waals surface area contributed by atoms with Gasteiger partial charge in [0, 0.05) is 5.56 Å². The predicted molar refractivity (Wildman–Crippen MR) is 81.2 cm³/mol. The molecule has 2 rings (SSSR count). The molecule has 0 heterocycles. The second-order valence-electron chi connectivity index (χ2n) is 6.75. The molecule has 0 aliphatic heterocycles. The molecule has 1 atom stereocenters. The van der Waals surface area contributed by atoms with Crippen molar-refractivity contribution < 1.29 is 18.7 Å². The maximum absolute atomic E-state index is 13.0. The van der Waals surface area contributed by atoms with Gasteiger partial charge in [-0.25, -0.2) is 9.18 Å². The molecule has 1 aliphatic carbocycles. The molecule has 1 amide bonds. The van der Waals surface area contributed by atoms with Gasteiger partial charge in [-0.3, -0.25) is 4.79 Å². The number of halogens is 1. The normalized spacial score (nSPS) is 16.0. The molecule has 1 N–H and O–H groups in total. The van der Waals surface area contributed by atoms with Crippen LogP contribution in [0.15, 0.2) is 24.3 Å². The zero-order valence-electron chi connectivity index (χ0n) is 13.2. The van der Waals surface area contributed by atoms with Crippen molar-refractivity contribution in [2.24, 2.45) is 5.92 Å². The highest BCUT2D eigenvalue weighted by Crippen LogP contribution is 2.34. The van der Waals surface area contributed by atoms with Gasteiger partial charge >= 0.3 is 6.09 Å². The Morgan fingerprint density at radius 2 is 1.86 bits per heavy atom. The van der Waals surface area contributed by atoms with E-state index in [4.69, 9.17) is 4.74 Å². The highest BCUT2D eigenvalue weighted by molar-refractivity contribution is 6.01. The topological polar surface area (TPSA) is 55.4 Å². The van der Waals surface area contributed by atoms with Crippen molar-refractivity contribution in [3.63, 3.8) is 0 Å². The zero-order valence-corrected chi connectivity index (χ0v) is 13.2. The number of Topliss-reactive ketones (excluding diaryl/α,β-unsaturated/α-hetero) is 1. The summed E-state index contributed by atoms with van der Waals surface area (Å²) in [5.41, 5.74) is -0.226. The van der Waals surface area contributed by atoms with Gasteiger partial charge in [-0.05, 0) is 57.4 Å². The fraction of sp³-hybridized carbons (Fsp3) is 0.529. The molecule has 0 radical (unpaired) electrons. The van der Waals surface area contributed by atoms with E-state index < -0.39 is 23.6 Å². The Balaban J connectivity index is 2.06. The van der Waals surface area contributed by atoms with Gasteiger partial charge in [-0.15, -0.1) is 0 Å². The van der Waals surface area contributed by atoms with Gasteiger partial charge in [0.15, 0.2) is 5.78 Å². The Morgan fingerprint density at radius 1 is 1.27 bits per heavy atom. The van der Waals surface area contributed by atoms with Gasteiger partial charge in [-0.1, -0.05) is 12.8 Å². The lowest BCUT2D eigenvalue weighted by molar-refractivity contribution is 0.0487. The van der Waals surface area contributed by atoms with Crippen LogP contribution in [-0.4, -0.2) is 23.5 Å². The summed E-state index contributed by atoms with van der Waals surface area (Å²) in [7, 11) is 0. The van der Waals surface area contributed by atoms with Gasteiger partial charge in [0.25, 0.3) is 0 Å². The number of ketones is 1. The predicted octanol–water partition coefficient (Wildman–Crippen LogP) is 3.70. The van der Waals surface area contributed by atoms with Gasteiger partial charge in [0.05, 0.1) is 6.04 Å². The summed E-state index contributed by atoms with van der Waals surface area (Å²) in [4.78, 5) is 24.4. The standard InChI is InChI=1S/C17H22FNO3/c1-17(2,3)22-16(21)19-14(10-11-4-5-11)15(20)12-6-8-13(18)9-7-12/h6-9,11,14H,4-5,10H2,1-3H3,(H,19,21). The number of benzene rings is 1. The first-order valence-electron chi connectivity index (χ1n) is 7.54. The van der Waals surface area contributed by atoms with Gasteiger partial charge in [0.2, 0.25) is 0 Å². The number of hydrogen-bond donors (Lipinski definition) is 1. The molecule has 0 aromatic heterocycles. The molecular weight excluding hydrogens is 285 g/mol. The summed E-state index contributed by atoms with van der Waals surface area (Å²) in [6.45, 7) is 5.30. The Hall–Kier alpha value is -1.91. The summed E-state index contributed by atoms with van der Waals surface area (Å²) >= 11 is 0. The fourth-order valence-electron chi connectivity index (χ4n) is 2.18. The number of hydrogen-bond acceptors (Lipinski definition) is 3. The van der Waals surface area contributed by atoms with E-state index in [1.165, 1.54) is 24.3 Å². The van der Waals surface area contributed by atoms with Crippen molar-refractivity contribution in [3.05, 3.63) is 35.6 Å². The zero-order chi connectivity index (χ0) is 16.3. The Morgan fingerprint density at radius 3 is 2.36 bits per heavy atom. The first kappa shape index (κ1) is 16.5. The number of nitrogens with one attached hydrogen (secondary N) is 1. The average Bonchev–Trinajstić information content (AvgIpc) is 3.20. The second-order valence-corrected chi connectivity index (χ2v) is 6.75. The summed E-state index contributed by atoms with van der Waals surface area (Å²) < 4.78 is 18.2. The lowest BCUT2D eigenvalue weighted by Crippen LogP contribution is -2.43. The Bertz CT molecular complexity index is 544. The third kappa shape index (κ3) is 5.13. The van der Waals surface area contributed by atoms with Crippen LogP contribution >= 0.6 is 0 Å². The van der Waals surface area contributed by atoms with Crippen molar-refractivity contribution in [3.8, 4) is 0 Å². The van der Waals surface area contributed by atoms with Gasteiger partial charge < -0.3 is 10.1 Å². The van der Waals surface area contributed by atoms with Crippen LogP contribution in [-0.2, 0) is 4.74 Å². The van der Waals surface area contributed by atoms with E-state index in [0.29, 0.717) is 17.9 Å². The van der Waals surface area contributed by atoms with Crippen LogP contribution in [0.25, 0.3) is 0 Å². The largest absolute Gasteiger partial charge is 0.444 e. The molecule has 1 saturated carbocycles. The highest BCUT2D eigenvalue weighted by atomic mass is 19.1. The Kier molecular flexibility index (Phi) is 4.84. The van der Waals surface area contributed by atoms with Crippen LogP contribution in [0, 0.1) is 11.7 Å². The molecule has 1 aromatic carbocycles. The van der Waals surface area contributed by atoms with E-state index in [9.17, 15) is 14.0 Å². The van der Waals surface area contributed by atoms with Crippen LogP contribution in [0.4, 0.5) is 9.18 Å². The van der Waals surface area contributed by atoms with E-state index in [-0.39, 0.29) is 5.78 Å². The van der Waals surface area contributed by atoms with Crippen LogP contribution in [0.5, 0.6) is 0 Å². The second kappa shape index (κ2) is 6.46. The molecule has 22 heavy (non-hydrogen) atoms. The van der Waals surface area contributed by atoms with E-state index in [1.54, 1.807) is 20.8 Å². The van der Waals surface area contributed by atoms with Crippen molar-refractivity contribution in [2.45, 2.75) is 51.7 Å². The van der Waals surface area contributed by atoms with Gasteiger partial charge in [-0.2, -0.15) is 0 Å². The minimum Gasteiger partial charge on any atom is -0.444 e. The van der Waals surface area contributed by atoms with Crippen LogP contribution in [0.3, 0.4) is 0 Å². The maximum atomic E-state index is 13.0. The molecule has 1 fully saturated rings. The molecular formula is C17H22FNO3. The monoisotopic (exact) mass is 307 g/mol. The van der Waals surface area contributed by atoms with Gasteiger partial charge in [0.1, 0.15) is 11.4 Å². The van der Waals surface area contributed by atoms with E-state index in [1.807, 2.05) is 0 Å². The lowest BCUT2D eigenvalue weighted by atomic mass is 9.99. The van der Waals surface area contributed by atoms with Crippen LogP contribution in [0.2, 0.25) is 0 Å². The fourth-order valence-corrected chi connectivity index (χ4v) is 2.18. The number of alkyl carbamates (subject to hydrolysis) is 1. The molecule has 1 aliphatic rings. The number of carbonyl (C=O) groups is 2. The number of ether oxygens (including phenoxy) is 1. The molecule has 0 bridgehead atoms. The summed E-state index contributed by atoms with van der Waals surface area (Å²) in [5, 5.41) is 2.65. The highest BCUT2D eigenvalue weighted by Gasteiger charge is 2.32. The third-order valence-electron chi connectivity index (χ3n) is 3.40. The molecule has 1 aromatic rings. The molecule has 1 unspecified atom stereocenters. The van der Waals surface area contributed by atoms with E-state index >= 15 is 0 Å². The summed E-state index contributed by atoms with van der Waals surface area (Å²) in [5.74, 6) is -0.141. The minimum absolute atomic E-state index is 0.210. The van der Waals surface area contributed by atoms with Crippen LogP contribution in [0.1, 0.15) is 50.4 Å². The molecule has 4 nitrogen and oxygen atoms in total. The van der Waals surface area contributed by atoms with Crippen molar-refractivity contribution in [1.82, 2.24) is 5.32 Å². The van der Waals surface area contributed by atoms with E-state index in [2.05, 4.69) is 5.32 Å². The SMILES string of the molecule is CC(C)(C)OC(=O)NC(CC1CC1)C(=O)c1ccc(F)cc1. The molecule has 0 spiro atoms. The van der Waals surface area contributed by atoms with Crippen LogP contribution < -0.4 is 5.32 Å². The average molecular weight is 307 g/mol. The van der Waals surface area contributed by atoms with Crippen molar-refractivity contribution >= 4 is 11.9 Å². The number of carbonyl (C=O) groups excluding carboxylic acids is 2. The van der Waals surface area contributed by atoms with Crippen molar-refractivity contribution in [2.75, 3.05) is 0 Å². The quantitative estimate of drug-likeness (QED) is 0.844.